The molecule has 80 valence electrons. The third kappa shape index (κ3) is 2.28. The van der Waals surface area contributed by atoms with Crippen molar-refractivity contribution in [2.45, 2.75) is 25.8 Å². The molecule has 2 heterocycles. The summed E-state index contributed by atoms with van der Waals surface area (Å²) in [5, 5.41) is 6.09. The van der Waals surface area contributed by atoms with E-state index in [1.165, 1.54) is 0 Å². The van der Waals surface area contributed by atoms with E-state index >= 15 is 0 Å². The summed E-state index contributed by atoms with van der Waals surface area (Å²) in [6, 6.07) is 2.02. The van der Waals surface area contributed by atoms with Crippen LogP contribution in [-0.2, 0) is 4.79 Å². The smallest absolute Gasteiger partial charge is 0.226 e. The number of hydrogen-bond acceptors (Lipinski definition) is 3. The van der Waals surface area contributed by atoms with E-state index < -0.39 is 0 Å². The van der Waals surface area contributed by atoms with Gasteiger partial charge in [0.1, 0.15) is 5.82 Å². The molecule has 0 radical (unpaired) electrons. The zero-order valence-corrected chi connectivity index (χ0v) is 9.97. The van der Waals surface area contributed by atoms with Crippen LogP contribution < -0.4 is 10.6 Å². The zero-order valence-electron chi connectivity index (χ0n) is 8.38. The van der Waals surface area contributed by atoms with Gasteiger partial charge in [0, 0.05) is 23.1 Å². The molecule has 15 heavy (non-hydrogen) atoms. The van der Waals surface area contributed by atoms with Gasteiger partial charge in [-0.15, -0.1) is 0 Å². The van der Waals surface area contributed by atoms with Gasteiger partial charge < -0.3 is 10.6 Å². The molecular formula is C10H12BrN3O. The average Bonchev–Trinajstić information content (AvgIpc) is 2.35. The third-order valence-corrected chi connectivity index (χ3v) is 2.83. The number of rotatable bonds is 1. The van der Waals surface area contributed by atoms with E-state index in [2.05, 4.69) is 38.5 Å². The fourth-order valence-electron chi connectivity index (χ4n) is 1.57. The second kappa shape index (κ2) is 4.18. The summed E-state index contributed by atoms with van der Waals surface area (Å²) in [4.78, 5) is 15.8. The molecule has 4 nitrogen and oxygen atoms in total. The van der Waals surface area contributed by atoms with Crippen molar-refractivity contribution in [1.82, 2.24) is 4.98 Å². The highest BCUT2D eigenvalue weighted by atomic mass is 79.9. The highest BCUT2D eigenvalue weighted by molar-refractivity contribution is 9.10. The molecular weight excluding hydrogens is 258 g/mol. The molecule has 2 N–H and O–H groups in total. The number of hydrogen-bond donors (Lipinski definition) is 2. The van der Waals surface area contributed by atoms with Crippen LogP contribution in [0.1, 0.15) is 19.8 Å². The number of anilines is 2. The molecule has 1 aliphatic rings. The summed E-state index contributed by atoms with van der Waals surface area (Å²) < 4.78 is 0.860. The van der Waals surface area contributed by atoms with Crippen LogP contribution in [0.4, 0.5) is 11.5 Å². The molecule has 1 aliphatic heterocycles. The Morgan fingerprint density at radius 1 is 1.67 bits per heavy atom. The topological polar surface area (TPSA) is 54.0 Å². The molecule has 0 fully saturated rings. The second-order valence-electron chi connectivity index (χ2n) is 3.55. The first-order valence-electron chi connectivity index (χ1n) is 4.91. The Bertz CT molecular complexity index is 394. The van der Waals surface area contributed by atoms with Crippen molar-refractivity contribution in [2.24, 2.45) is 0 Å². The van der Waals surface area contributed by atoms with Crippen LogP contribution >= 0.6 is 15.9 Å². The van der Waals surface area contributed by atoms with Crippen molar-refractivity contribution in [1.29, 1.82) is 0 Å². The first kappa shape index (κ1) is 10.4. The minimum atomic E-state index is 0.0352. The molecule has 0 spiro atoms. The predicted octanol–water partition coefficient (Wildman–Crippen LogP) is 2.38. The lowest BCUT2D eigenvalue weighted by molar-refractivity contribution is -0.116. The van der Waals surface area contributed by atoms with E-state index in [4.69, 9.17) is 0 Å². The van der Waals surface area contributed by atoms with Gasteiger partial charge in [-0.05, 0) is 28.4 Å². The van der Waals surface area contributed by atoms with E-state index in [0.29, 0.717) is 6.42 Å². The summed E-state index contributed by atoms with van der Waals surface area (Å²) >= 11 is 3.33. The van der Waals surface area contributed by atoms with E-state index in [9.17, 15) is 4.79 Å². The number of pyridine rings is 1. The first-order chi connectivity index (χ1) is 7.19. The van der Waals surface area contributed by atoms with Gasteiger partial charge in [-0.2, -0.15) is 0 Å². The molecule has 1 amide bonds. The van der Waals surface area contributed by atoms with Crippen molar-refractivity contribution >= 4 is 33.3 Å². The molecule has 0 aromatic carbocycles. The standard InChI is InChI=1S/C10H12BrN3O/c1-2-7-4-9(15)14-8-3-6(11)5-12-10(8)13-7/h3,5,7H,2,4H2,1H3,(H,12,13)(H,14,15). The highest BCUT2D eigenvalue weighted by Crippen LogP contribution is 2.27. The number of amides is 1. The Labute approximate surface area is 96.6 Å². The van der Waals surface area contributed by atoms with E-state index in [-0.39, 0.29) is 11.9 Å². The lowest BCUT2D eigenvalue weighted by atomic mass is 10.1. The Hall–Kier alpha value is -1.10. The van der Waals surface area contributed by atoms with Crippen LogP contribution in [0.5, 0.6) is 0 Å². The van der Waals surface area contributed by atoms with Crippen LogP contribution in [-0.4, -0.2) is 16.9 Å². The summed E-state index contributed by atoms with van der Waals surface area (Å²) in [5.74, 6) is 0.781. The van der Waals surface area contributed by atoms with Gasteiger partial charge in [-0.1, -0.05) is 6.92 Å². The number of nitrogens with zero attached hydrogens (tertiary/aromatic N) is 1. The van der Waals surface area contributed by atoms with Gasteiger partial charge >= 0.3 is 0 Å². The molecule has 1 unspecified atom stereocenters. The molecule has 1 aromatic rings. The summed E-state index contributed by atoms with van der Waals surface area (Å²) in [7, 11) is 0. The van der Waals surface area contributed by atoms with Gasteiger partial charge in [-0.25, -0.2) is 4.98 Å². The third-order valence-electron chi connectivity index (χ3n) is 2.39. The fraction of sp³-hybridized carbons (Fsp3) is 0.400. The van der Waals surface area contributed by atoms with E-state index in [1.807, 2.05) is 6.07 Å². The molecule has 0 saturated carbocycles. The minimum absolute atomic E-state index is 0.0352. The largest absolute Gasteiger partial charge is 0.365 e. The van der Waals surface area contributed by atoms with Crippen molar-refractivity contribution < 1.29 is 4.79 Å². The summed E-state index contributed by atoms with van der Waals surface area (Å²) in [6.07, 6.45) is 3.12. The van der Waals surface area contributed by atoms with Crippen molar-refractivity contribution in [3.8, 4) is 0 Å². The van der Waals surface area contributed by atoms with E-state index in [0.717, 1.165) is 22.4 Å². The van der Waals surface area contributed by atoms with Gasteiger partial charge in [0.25, 0.3) is 0 Å². The lowest BCUT2D eigenvalue weighted by Gasteiger charge is -2.13. The van der Waals surface area contributed by atoms with Crippen LogP contribution in [0.15, 0.2) is 16.7 Å². The van der Waals surface area contributed by atoms with Gasteiger partial charge in [0.2, 0.25) is 5.91 Å². The van der Waals surface area contributed by atoms with Crippen LogP contribution in [0.3, 0.4) is 0 Å². The normalized spacial score (nSPS) is 19.9. The molecule has 0 aliphatic carbocycles. The highest BCUT2D eigenvalue weighted by Gasteiger charge is 2.20. The number of nitrogens with one attached hydrogen (secondary N) is 2. The van der Waals surface area contributed by atoms with Gasteiger partial charge in [-0.3, -0.25) is 4.79 Å². The Morgan fingerprint density at radius 3 is 3.20 bits per heavy atom. The molecule has 1 aromatic heterocycles. The van der Waals surface area contributed by atoms with Gasteiger partial charge in [0.15, 0.2) is 0 Å². The number of aromatic nitrogens is 1. The zero-order chi connectivity index (χ0) is 10.8. The predicted molar refractivity (Wildman–Crippen MR) is 62.9 cm³/mol. The van der Waals surface area contributed by atoms with E-state index in [1.54, 1.807) is 6.20 Å². The number of carbonyl (C=O) groups excluding carboxylic acids is 1. The Morgan fingerprint density at radius 2 is 2.47 bits per heavy atom. The first-order valence-corrected chi connectivity index (χ1v) is 5.70. The molecule has 5 heteroatoms. The van der Waals surface area contributed by atoms with Crippen molar-refractivity contribution in [3.63, 3.8) is 0 Å². The molecule has 1 atom stereocenters. The maximum absolute atomic E-state index is 11.5. The number of carbonyl (C=O) groups is 1. The Balaban J connectivity index is 2.36. The minimum Gasteiger partial charge on any atom is -0.365 e. The number of halogens is 1. The summed E-state index contributed by atoms with van der Waals surface area (Å²) in [5.41, 5.74) is 0.741. The monoisotopic (exact) mass is 269 g/mol. The summed E-state index contributed by atoms with van der Waals surface area (Å²) in [6.45, 7) is 2.05. The fourth-order valence-corrected chi connectivity index (χ4v) is 1.90. The lowest BCUT2D eigenvalue weighted by Crippen LogP contribution is -2.21. The average molecular weight is 270 g/mol. The maximum Gasteiger partial charge on any atom is 0.226 e. The molecule has 0 saturated heterocycles. The van der Waals surface area contributed by atoms with Crippen LogP contribution in [0.2, 0.25) is 0 Å². The second-order valence-corrected chi connectivity index (χ2v) is 4.47. The van der Waals surface area contributed by atoms with Crippen LogP contribution in [0, 0.1) is 0 Å². The molecule has 2 rings (SSSR count). The van der Waals surface area contributed by atoms with Crippen molar-refractivity contribution in [2.75, 3.05) is 10.6 Å². The van der Waals surface area contributed by atoms with Gasteiger partial charge in [0.05, 0.1) is 5.69 Å². The SMILES string of the molecule is CCC1CC(=O)Nc2cc(Br)cnc2N1. The van der Waals surface area contributed by atoms with Crippen LogP contribution in [0.25, 0.3) is 0 Å². The quantitative estimate of drug-likeness (QED) is 0.823. The molecule has 0 bridgehead atoms. The Kier molecular flexibility index (Phi) is 2.90. The maximum atomic E-state index is 11.5. The number of fused-ring (bicyclic) bond motifs is 1. The van der Waals surface area contributed by atoms with Crippen molar-refractivity contribution in [3.05, 3.63) is 16.7 Å².